The highest BCUT2D eigenvalue weighted by Crippen LogP contribution is 2.29. The summed E-state index contributed by atoms with van der Waals surface area (Å²) in [4.78, 5) is 28.0. The van der Waals surface area contributed by atoms with E-state index in [-0.39, 0.29) is 0 Å². The number of carbonyl (C=O) groups is 2. The highest BCUT2D eigenvalue weighted by molar-refractivity contribution is 6.39. The van der Waals surface area contributed by atoms with Crippen molar-refractivity contribution in [2.45, 2.75) is 33.1 Å². The molecule has 164 valence electrons. The molecule has 3 aromatic rings. The molecular weight excluding hydrogens is 394 g/mol. The van der Waals surface area contributed by atoms with Gasteiger partial charge in [0.15, 0.2) is 0 Å². The Morgan fingerprint density at radius 3 is 2.74 bits per heavy atom. The fourth-order valence-corrected chi connectivity index (χ4v) is 3.40. The summed E-state index contributed by atoms with van der Waals surface area (Å²) in [6.45, 7) is 5.01. The first-order chi connectivity index (χ1) is 15.0. The maximum Gasteiger partial charge on any atom is 0.313 e. The van der Waals surface area contributed by atoms with Gasteiger partial charge in [0.1, 0.15) is 11.5 Å². The van der Waals surface area contributed by atoms with E-state index in [0.717, 1.165) is 29.3 Å². The number of fused-ring (bicyclic) bond motifs is 1. The fourth-order valence-electron chi connectivity index (χ4n) is 3.40. The van der Waals surface area contributed by atoms with Crippen molar-refractivity contribution in [1.82, 2.24) is 10.3 Å². The number of amides is 2. The molecule has 0 saturated carbocycles. The van der Waals surface area contributed by atoms with Gasteiger partial charge in [-0.05, 0) is 49.1 Å². The van der Waals surface area contributed by atoms with Gasteiger partial charge in [0.2, 0.25) is 0 Å². The van der Waals surface area contributed by atoms with E-state index in [1.807, 2.05) is 18.3 Å². The molecule has 7 nitrogen and oxygen atoms in total. The van der Waals surface area contributed by atoms with Crippen LogP contribution in [-0.2, 0) is 16.0 Å². The number of ether oxygens (including phenoxy) is 2. The lowest BCUT2D eigenvalue weighted by Gasteiger charge is -2.13. The number of anilines is 1. The van der Waals surface area contributed by atoms with Gasteiger partial charge in [0, 0.05) is 29.7 Å². The Labute approximate surface area is 182 Å². The number of rotatable bonds is 9. The molecule has 1 heterocycles. The normalized spacial score (nSPS) is 10.7. The van der Waals surface area contributed by atoms with Crippen LogP contribution in [0.5, 0.6) is 11.5 Å². The molecule has 2 amide bonds. The summed E-state index contributed by atoms with van der Waals surface area (Å²) in [6.07, 6.45) is 4.46. The topological polar surface area (TPSA) is 92.4 Å². The summed E-state index contributed by atoms with van der Waals surface area (Å²) in [7, 11) is 1.54. The lowest BCUT2D eigenvalue weighted by molar-refractivity contribution is -0.136. The Hall–Kier alpha value is -3.48. The molecule has 3 rings (SSSR count). The summed E-state index contributed by atoms with van der Waals surface area (Å²) >= 11 is 0. The second-order valence-corrected chi connectivity index (χ2v) is 7.34. The van der Waals surface area contributed by atoms with Gasteiger partial charge in [0.05, 0.1) is 19.4 Å². The van der Waals surface area contributed by atoms with Crippen LogP contribution < -0.4 is 20.1 Å². The van der Waals surface area contributed by atoms with E-state index in [0.29, 0.717) is 36.8 Å². The molecule has 7 heteroatoms. The Morgan fingerprint density at radius 2 is 1.97 bits per heavy atom. The molecule has 0 aliphatic rings. The van der Waals surface area contributed by atoms with Gasteiger partial charge in [-0.3, -0.25) is 9.59 Å². The van der Waals surface area contributed by atoms with E-state index in [1.54, 1.807) is 18.2 Å². The minimum atomic E-state index is -0.747. The predicted octanol–water partition coefficient (Wildman–Crippen LogP) is 3.96. The van der Waals surface area contributed by atoms with Crippen molar-refractivity contribution < 1.29 is 19.1 Å². The number of aromatic amines is 1. The number of aryl methyl sites for hydroxylation is 1. The molecule has 0 radical (unpaired) electrons. The molecule has 0 aliphatic heterocycles. The van der Waals surface area contributed by atoms with E-state index < -0.39 is 11.8 Å². The standard InChI is InChI=1S/C24H29N3O4/c1-4-5-13-31-21-10-9-18(30-3)14-20(21)27-24(29)23(28)25-12-11-17-15-26-19-8-6-7-16(2)22(17)19/h6-10,14-15,26H,4-5,11-13H2,1-3H3,(H,25,28)(H,27,29). The molecule has 0 saturated heterocycles. The quantitative estimate of drug-likeness (QED) is 0.359. The average molecular weight is 424 g/mol. The van der Waals surface area contributed by atoms with Crippen molar-refractivity contribution in [3.63, 3.8) is 0 Å². The SMILES string of the molecule is CCCCOc1ccc(OC)cc1NC(=O)C(=O)NCCc1c[nH]c2cccc(C)c12. The number of carbonyl (C=O) groups excluding carboxylic acids is 2. The lowest BCUT2D eigenvalue weighted by atomic mass is 10.1. The van der Waals surface area contributed by atoms with Gasteiger partial charge >= 0.3 is 11.8 Å². The first-order valence-corrected chi connectivity index (χ1v) is 10.5. The van der Waals surface area contributed by atoms with Crippen LogP contribution in [0, 0.1) is 6.92 Å². The van der Waals surface area contributed by atoms with Crippen molar-refractivity contribution in [1.29, 1.82) is 0 Å². The Kier molecular flexibility index (Phi) is 7.54. The van der Waals surface area contributed by atoms with Crippen LogP contribution in [0.2, 0.25) is 0 Å². The highest BCUT2D eigenvalue weighted by Gasteiger charge is 2.17. The smallest absolute Gasteiger partial charge is 0.313 e. The summed E-state index contributed by atoms with van der Waals surface area (Å²) in [5.74, 6) is -0.375. The van der Waals surface area contributed by atoms with Crippen molar-refractivity contribution in [2.75, 3.05) is 25.6 Å². The number of methoxy groups -OCH3 is 1. The molecule has 1 aromatic heterocycles. The zero-order valence-corrected chi connectivity index (χ0v) is 18.2. The van der Waals surface area contributed by atoms with Crippen LogP contribution in [0.3, 0.4) is 0 Å². The lowest BCUT2D eigenvalue weighted by Crippen LogP contribution is -2.36. The number of aromatic nitrogens is 1. The first-order valence-electron chi connectivity index (χ1n) is 10.5. The van der Waals surface area contributed by atoms with Crippen molar-refractivity contribution in [3.05, 3.63) is 53.7 Å². The van der Waals surface area contributed by atoms with Crippen LogP contribution >= 0.6 is 0 Å². The third kappa shape index (κ3) is 5.57. The molecule has 0 aliphatic carbocycles. The molecule has 0 spiro atoms. The highest BCUT2D eigenvalue weighted by atomic mass is 16.5. The second kappa shape index (κ2) is 10.5. The van der Waals surface area contributed by atoms with Crippen molar-refractivity contribution in [3.8, 4) is 11.5 Å². The average Bonchev–Trinajstić information content (AvgIpc) is 3.19. The van der Waals surface area contributed by atoms with Crippen LogP contribution in [0.1, 0.15) is 30.9 Å². The van der Waals surface area contributed by atoms with Gasteiger partial charge in [-0.2, -0.15) is 0 Å². The molecule has 0 unspecified atom stereocenters. The summed E-state index contributed by atoms with van der Waals surface area (Å²) in [5.41, 5.74) is 3.75. The molecule has 3 N–H and O–H groups in total. The molecule has 0 bridgehead atoms. The predicted molar refractivity (Wildman–Crippen MR) is 122 cm³/mol. The molecule has 2 aromatic carbocycles. The summed E-state index contributed by atoms with van der Waals surface area (Å²) in [5, 5.41) is 6.48. The van der Waals surface area contributed by atoms with E-state index in [2.05, 4.69) is 35.5 Å². The van der Waals surface area contributed by atoms with E-state index in [1.165, 1.54) is 12.7 Å². The molecular formula is C24H29N3O4. The van der Waals surface area contributed by atoms with Gasteiger partial charge in [-0.15, -0.1) is 0 Å². The zero-order chi connectivity index (χ0) is 22.2. The molecule has 0 atom stereocenters. The van der Waals surface area contributed by atoms with Crippen LogP contribution in [0.15, 0.2) is 42.6 Å². The number of unbranched alkanes of at least 4 members (excludes halogenated alkanes) is 1. The van der Waals surface area contributed by atoms with Gasteiger partial charge in [-0.1, -0.05) is 25.5 Å². The second-order valence-electron chi connectivity index (χ2n) is 7.34. The third-order valence-corrected chi connectivity index (χ3v) is 5.07. The monoisotopic (exact) mass is 423 g/mol. The summed E-state index contributed by atoms with van der Waals surface area (Å²) in [6, 6.07) is 11.2. The Morgan fingerprint density at radius 1 is 1.13 bits per heavy atom. The molecule has 31 heavy (non-hydrogen) atoms. The Bertz CT molecular complexity index is 1060. The maximum atomic E-state index is 12.4. The number of H-pyrrole nitrogens is 1. The Balaban J connectivity index is 1.59. The minimum Gasteiger partial charge on any atom is -0.497 e. The van der Waals surface area contributed by atoms with Crippen LogP contribution in [-0.4, -0.2) is 37.1 Å². The van der Waals surface area contributed by atoms with E-state index in [9.17, 15) is 9.59 Å². The summed E-state index contributed by atoms with van der Waals surface area (Å²) < 4.78 is 11.0. The van der Waals surface area contributed by atoms with Gasteiger partial charge in [0.25, 0.3) is 0 Å². The number of hydrogen-bond donors (Lipinski definition) is 3. The largest absolute Gasteiger partial charge is 0.497 e. The minimum absolute atomic E-state index is 0.353. The van der Waals surface area contributed by atoms with Crippen LogP contribution in [0.4, 0.5) is 5.69 Å². The molecule has 0 fully saturated rings. The zero-order valence-electron chi connectivity index (χ0n) is 18.2. The number of benzene rings is 2. The fraction of sp³-hybridized carbons (Fsp3) is 0.333. The number of nitrogens with one attached hydrogen (secondary N) is 3. The maximum absolute atomic E-state index is 12.4. The first kappa shape index (κ1) is 22.2. The van der Waals surface area contributed by atoms with Crippen molar-refractivity contribution >= 4 is 28.4 Å². The number of hydrogen-bond acceptors (Lipinski definition) is 4. The van der Waals surface area contributed by atoms with E-state index >= 15 is 0 Å². The van der Waals surface area contributed by atoms with Gasteiger partial charge in [-0.25, -0.2) is 0 Å². The van der Waals surface area contributed by atoms with Gasteiger partial charge < -0.3 is 25.1 Å². The van der Waals surface area contributed by atoms with Crippen LogP contribution in [0.25, 0.3) is 10.9 Å². The third-order valence-electron chi connectivity index (χ3n) is 5.07. The van der Waals surface area contributed by atoms with E-state index in [4.69, 9.17) is 9.47 Å². The van der Waals surface area contributed by atoms with Crippen molar-refractivity contribution in [2.24, 2.45) is 0 Å².